The summed E-state index contributed by atoms with van der Waals surface area (Å²) in [7, 11) is 0. The summed E-state index contributed by atoms with van der Waals surface area (Å²) in [6.45, 7) is 5.25. The Morgan fingerprint density at radius 3 is 2.53 bits per heavy atom. The maximum atomic E-state index is 12.1. The Morgan fingerprint density at radius 1 is 1.37 bits per heavy atom. The Balaban J connectivity index is 2.94. The highest BCUT2D eigenvalue weighted by atomic mass is 16.4. The summed E-state index contributed by atoms with van der Waals surface area (Å²) in [5.41, 5.74) is 0.725. The summed E-state index contributed by atoms with van der Waals surface area (Å²) in [5, 5.41) is 21.2. The Labute approximate surface area is 112 Å². The van der Waals surface area contributed by atoms with E-state index in [2.05, 4.69) is 5.32 Å². The molecular formula is C14H19NO4. The van der Waals surface area contributed by atoms with Crippen molar-refractivity contribution in [2.24, 2.45) is 5.92 Å². The minimum atomic E-state index is -1.06. The van der Waals surface area contributed by atoms with Gasteiger partial charge in [-0.05, 0) is 25.0 Å². The van der Waals surface area contributed by atoms with Gasteiger partial charge in [0.15, 0.2) is 0 Å². The molecule has 19 heavy (non-hydrogen) atoms. The zero-order valence-corrected chi connectivity index (χ0v) is 11.3. The Kier molecular flexibility index (Phi) is 4.92. The van der Waals surface area contributed by atoms with Crippen LogP contribution in [0.1, 0.15) is 36.2 Å². The van der Waals surface area contributed by atoms with Crippen LogP contribution < -0.4 is 5.32 Å². The molecule has 5 nitrogen and oxygen atoms in total. The Hall–Kier alpha value is -2.04. The second-order valence-electron chi connectivity index (χ2n) is 4.62. The number of carbonyl (C=O) groups excluding carboxylic acids is 1. The average molecular weight is 265 g/mol. The van der Waals surface area contributed by atoms with Crippen LogP contribution in [0.5, 0.6) is 5.75 Å². The van der Waals surface area contributed by atoms with Gasteiger partial charge < -0.3 is 15.5 Å². The first-order valence-electron chi connectivity index (χ1n) is 6.20. The fourth-order valence-corrected chi connectivity index (χ4v) is 1.77. The number of benzene rings is 1. The molecule has 1 rings (SSSR count). The lowest BCUT2D eigenvalue weighted by atomic mass is 9.98. The van der Waals surface area contributed by atoms with Crippen LogP contribution in [0.25, 0.3) is 0 Å². The number of nitrogens with one attached hydrogen (secondary N) is 1. The summed E-state index contributed by atoms with van der Waals surface area (Å²) in [6, 6.07) is 3.66. The lowest BCUT2D eigenvalue weighted by molar-refractivity contribution is -0.140. The van der Waals surface area contributed by atoms with Crippen LogP contribution in [0.3, 0.4) is 0 Å². The van der Waals surface area contributed by atoms with Crippen LogP contribution in [0, 0.1) is 12.8 Å². The maximum Gasteiger partial charge on any atom is 0.326 e. The quantitative estimate of drug-likeness (QED) is 0.759. The molecule has 1 unspecified atom stereocenters. The number of aromatic hydroxyl groups is 1. The van der Waals surface area contributed by atoms with Gasteiger partial charge in [0.05, 0.1) is 0 Å². The smallest absolute Gasteiger partial charge is 0.326 e. The highest BCUT2D eigenvalue weighted by Crippen LogP contribution is 2.20. The predicted octanol–water partition coefficient (Wildman–Crippen LogP) is 1.93. The second-order valence-corrected chi connectivity index (χ2v) is 4.62. The third-order valence-electron chi connectivity index (χ3n) is 3.32. The highest BCUT2D eigenvalue weighted by Gasteiger charge is 2.26. The zero-order chi connectivity index (χ0) is 14.6. The van der Waals surface area contributed by atoms with Gasteiger partial charge in [-0.1, -0.05) is 26.3 Å². The van der Waals surface area contributed by atoms with Gasteiger partial charge in [-0.15, -0.1) is 0 Å². The van der Waals surface area contributed by atoms with E-state index < -0.39 is 17.9 Å². The molecule has 1 aromatic carbocycles. The van der Waals surface area contributed by atoms with Gasteiger partial charge >= 0.3 is 5.97 Å². The van der Waals surface area contributed by atoms with Crippen LogP contribution in [-0.4, -0.2) is 28.1 Å². The molecule has 0 saturated carbocycles. The summed E-state index contributed by atoms with van der Waals surface area (Å²) >= 11 is 0. The van der Waals surface area contributed by atoms with Crippen molar-refractivity contribution >= 4 is 11.9 Å². The summed E-state index contributed by atoms with van der Waals surface area (Å²) < 4.78 is 0. The molecule has 1 amide bonds. The summed E-state index contributed by atoms with van der Waals surface area (Å²) in [4.78, 5) is 23.2. The molecule has 0 aliphatic heterocycles. The number of amides is 1. The van der Waals surface area contributed by atoms with E-state index in [1.54, 1.807) is 26.0 Å². The first-order chi connectivity index (χ1) is 8.88. The van der Waals surface area contributed by atoms with Crippen molar-refractivity contribution in [1.29, 1.82) is 0 Å². The highest BCUT2D eigenvalue weighted by molar-refractivity contribution is 5.98. The molecule has 0 aliphatic rings. The third-order valence-corrected chi connectivity index (χ3v) is 3.32. The number of hydrogen-bond acceptors (Lipinski definition) is 3. The van der Waals surface area contributed by atoms with Crippen molar-refractivity contribution in [2.75, 3.05) is 0 Å². The number of aliphatic carboxylic acids is 1. The largest absolute Gasteiger partial charge is 0.508 e. The lowest BCUT2D eigenvalue weighted by Gasteiger charge is -2.20. The molecule has 2 atom stereocenters. The number of phenols is 1. The molecule has 0 radical (unpaired) electrons. The summed E-state index contributed by atoms with van der Waals surface area (Å²) in [5.74, 6) is -1.69. The fraction of sp³-hybridized carbons (Fsp3) is 0.429. The van der Waals surface area contributed by atoms with E-state index in [-0.39, 0.29) is 17.2 Å². The SMILES string of the molecule is CCC(C)[C@H](NC(=O)c1cccc(O)c1C)C(=O)O. The molecule has 0 aliphatic carbocycles. The van der Waals surface area contributed by atoms with Gasteiger partial charge in [0, 0.05) is 11.1 Å². The van der Waals surface area contributed by atoms with E-state index in [1.807, 2.05) is 6.92 Å². The van der Waals surface area contributed by atoms with E-state index in [1.165, 1.54) is 6.07 Å². The van der Waals surface area contributed by atoms with Crippen molar-refractivity contribution < 1.29 is 19.8 Å². The molecule has 0 bridgehead atoms. The lowest BCUT2D eigenvalue weighted by Crippen LogP contribution is -2.45. The third kappa shape index (κ3) is 3.47. The van der Waals surface area contributed by atoms with Crippen molar-refractivity contribution in [3.05, 3.63) is 29.3 Å². The van der Waals surface area contributed by atoms with Crippen LogP contribution in [0.15, 0.2) is 18.2 Å². The van der Waals surface area contributed by atoms with Crippen LogP contribution in [-0.2, 0) is 4.79 Å². The van der Waals surface area contributed by atoms with Gasteiger partial charge in [-0.3, -0.25) is 4.79 Å². The van der Waals surface area contributed by atoms with Gasteiger partial charge in [-0.2, -0.15) is 0 Å². The molecule has 104 valence electrons. The molecule has 1 aromatic rings. The van der Waals surface area contributed by atoms with Gasteiger partial charge in [0.25, 0.3) is 5.91 Å². The number of phenolic OH excluding ortho intramolecular Hbond substituents is 1. The van der Waals surface area contributed by atoms with Gasteiger partial charge in [-0.25, -0.2) is 4.79 Å². The monoisotopic (exact) mass is 265 g/mol. The normalized spacial score (nSPS) is 13.6. The van der Waals surface area contributed by atoms with Crippen molar-refractivity contribution in [2.45, 2.75) is 33.2 Å². The fourth-order valence-electron chi connectivity index (χ4n) is 1.77. The van der Waals surface area contributed by atoms with E-state index in [9.17, 15) is 14.7 Å². The first-order valence-corrected chi connectivity index (χ1v) is 6.20. The minimum Gasteiger partial charge on any atom is -0.508 e. The van der Waals surface area contributed by atoms with Gasteiger partial charge in [0.1, 0.15) is 11.8 Å². The van der Waals surface area contributed by atoms with E-state index >= 15 is 0 Å². The number of rotatable bonds is 5. The molecule has 0 spiro atoms. The molecular weight excluding hydrogens is 246 g/mol. The molecule has 5 heteroatoms. The van der Waals surface area contributed by atoms with E-state index in [0.29, 0.717) is 12.0 Å². The van der Waals surface area contributed by atoms with Gasteiger partial charge in [0.2, 0.25) is 0 Å². The maximum absolute atomic E-state index is 12.1. The molecule has 3 N–H and O–H groups in total. The molecule has 0 heterocycles. The van der Waals surface area contributed by atoms with Crippen LogP contribution in [0.4, 0.5) is 0 Å². The first kappa shape index (κ1) is 15.0. The Bertz CT molecular complexity index is 484. The minimum absolute atomic E-state index is 0.0167. The number of hydrogen-bond donors (Lipinski definition) is 3. The summed E-state index contributed by atoms with van der Waals surface area (Å²) in [6.07, 6.45) is 0.649. The standard InChI is InChI=1S/C14H19NO4/c1-4-8(2)12(14(18)19)15-13(17)10-6-5-7-11(16)9(10)3/h5-8,12,16H,4H2,1-3H3,(H,15,17)(H,18,19)/t8?,12-/m0/s1. The van der Waals surface area contributed by atoms with Crippen molar-refractivity contribution in [1.82, 2.24) is 5.32 Å². The molecule has 0 saturated heterocycles. The number of carboxylic acid groups (broad SMARTS) is 1. The van der Waals surface area contributed by atoms with Crippen LogP contribution >= 0.6 is 0 Å². The van der Waals surface area contributed by atoms with Crippen molar-refractivity contribution in [3.8, 4) is 5.75 Å². The van der Waals surface area contributed by atoms with E-state index in [0.717, 1.165) is 0 Å². The second kappa shape index (κ2) is 6.22. The topological polar surface area (TPSA) is 86.6 Å². The number of carboxylic acids is 1. The van der Waals surface area contributed by atoms with Crippen LogP contribution in [0.2, 0.25) is 0 Å². The Morgan fingerprint density at radius 2 is 2.00 bits per heavy atom. The predicted molar refractivity (Wildman–Crippen MR) is 71.2 cm³/mol. The number of carbonyl (C=O) groups is 2. The zero-order valence-electron chi connectivity index (χ0n) is 11.3. The van der Waals surface area contributed by atoms with Crippen molar-refractivity contribution in [3.63, 3.8) is 0 Å². The molecule has 0 aromatic heterocycles. The molecule has 0 fully saturated rings. The van der Waals surface area contributed by atoms with E-state index in [4.69, 9.17) is 5.11 Å². The average Bonchev–Trinajstić information content (AvgIpc) is 2.37.